The summed E-state index contributed by atoms with van der Waals surface area (Å²) in [6.07, 6.45) is 4.11. The maximum absolute atomic E-state index is 12.2. The zero-order valence-electron chi connectivity index (χ0n) is 15.0. The summed E-state index contributed by atoms with van der Waals surface area (Å²) in [6.45, 7) is 10.9. The van der Waals surface area contributed by atoms with Gasteiger partial charge in [0.25, 0.3) is 0 Å². The standard InChI is InChI=1S/C20H29O3/c1-13(2)16-7-9-17(10-8-16)20(21)23-22-19-12-15(5)6-11-18(19)14(3)4/h7-10,13-15,18H,6,11-12H2,1-5H3. The van der Waals surface area contributed by atoms with E-state index in [2.05, 4.69) is 34.6 Å². The Morgan fingerprint density at radius 2 is 1.74 bits per heavy atom. The van der Waals surface area contributed by atoms with Crippen molar-refractivity contribution in [2.75, 3.05) is 0 Å². The third-order valence-corrected chi connectivity index (χ3v) is 4.78. The quantitative estimate of drug-likeness (QED) is 0.529. The van der Waals surface area contributed by atoms with Gasteiger partial charge in [-0.15, -0.1) is 0 Å². The first-order valence-electron chi connectivity index (χ1n) is 8.73. The molecule has 0 bridgehead atoms. The minimum atomic E-state index is -0.423. The topological polar surface area (TPSA) is 35.5 Å². The van der Waals surface area contributed by atoms with Crippen LogP contribution in [-0.2, 0) is 9.78 Å². The highest BCUT2D eigenvalue weighted by Gasteiger charge is 2.34. The molecule has 3 heteroatoms. The van der Waals surface area contributed by atoms with E-state index in [0.717, 1.165) is 18.9 Å². The van der Waals surface area contributed by atoms with Gasteiger partial charge >= 0.3 is 5.97 Å². The molecule has 1 aliphatic rings. The highest BCUT2D eigenvalue weighted by molar-refractivity contribution is 5.88. The zero-order valence-corrected chi connectivity index (χ0v) is 15.0. The van der Waals surface area contributed by atoms with E-state index in [1.165, 1.54) is 12.0 Å². The van der Waals surface area contributed by atoms with Crippen molar-refractivity contribution >= 4 is 5.97 Å². The minimum Gasteiger partial charge on any atom is -0.292 e. The Hall–Kier alpha value is -1.35. The van der Waals surface area contributed by atoms with E-state index in [4.69, 9.17) is 9.78 Å². The zero-order chi connectivity index (χ0) is 17.0. The van der Waals surface area contributed by atoms with Crippen LogP contribution in [0.25, 0.3) is 0 Å². The van der Waals surface area contributed by atoms with Gasteiger partial charge in [-0.2, -0.15) is 4.89 Å². The second kappa shape index (κ2) is 7.96. The van der Waals surface area contributed by atoms with E-state index in [-0.39, 0.29) is 0 Å². The monoisotopic (exact) mass is 317 g/mol. The summed E-state index contributed by atoms with van der Waals surface area (Å²) in [7, 11) is 0. The van der Waals surface area contributed by atoms with Crippen LogP contribution in [0.15, 0.2) is 24.3 Å². The van der Waals surface area contributed by atoms with Crippen LogP contribution in [-0.4, -0.2) is 5.97 Å². The third-order valence-electron chi connectivity index (χ3n) is 4.78. The average Bonchev–Trinajstić information content (AvgIpc) is 2.52. The summed E-state index contributed by atoms with van der Waals surface area (Å²) in [5, 5.41) is 0. The molecule has 0 heterocycles. The van der Waals surface area contributed by atoms with Crippen LogP contribution in [0.3, 0.4) is 0 Å². The molecule has 0 aliphatic heterocycles. The van der Waals surface area contributed by atoms with Crippen LogP contribution in [0, 0.1) is 23.9 Å². The second-order valence-electron chi connectivity index (χ2n) is 7.43. The van der Waals surface area contributed by atoms with Gasteiger partial charge in [0, 0.05) is 0 Å². The smallest absolute Gasteiger partial charge is 0.292 e. The molecular formula is C20H29O3. The van der Waals surface area contributed by atoms with Gasteiger partial charge in [0.2, 0.25) is 0 Å². The van der Waals surface area contributed by atoms with Crippen molar-refractivity contribution in [1.29, 1.82) is 0 Å². The molecule has 1 radical (unpaired) electrons. The normalized spacial score (nSPS) is 22.6. The second-order valence-corrected chi connectivity index (χ2v) is 7.43. The minimum absolute atomic E-state index is 0.377. The SMILES string of the molecule is CC1CCC(C(C)C)[C](OOC(=O)c2ccc(C(C)C)cc2)C1. The summed E-state index contributed by atoms with van der Waals surface area (Å²) in [4.78, 5) is 22.8. The summed E-state index contributed by atoms with van der Waals surface area (Å²) in [6, 6.07) is 7.53. The van der Waals surface area contributed by atoms with Gasteiger partial charge < -0.3 is 0 Å². The number of carbonyl (C=O) groups excluding carboxylic acids is 1. The highest BCUT2D eigenvalue weighted by atomic mass is 17.2. The molecule has 23 heavy (non-hydrogen) atoms. The van der Waals surface area contributed by atoms with E-state index in [0.29, 0.717) is 29.2 Å². The summed E-state index contributed by atoms with van der Waals surface area (Å²) in [5.74, 6) is 1.49. The van der Waals surface area contributed by atoms with Gasteiger partial charge in [0.05, 0.1) is 5.56 Å². The molecule has 0 N–H and O–H groups in total. The van der Waals surface area contributed by atoms with Crippen molar-refractivity contribution in [3.05, 3.63) is 41.5 Å². The Bertz CT molecular complexity index is 504. The molecule has 0 saturated heterocycles. The number of benzene rings is 1. The van der Waals surface area contributed by atoms with E-state index in [1.807, 2.05) is 12.1 Å². The molecule has 2 unspecified atom stereocenters. The van der Waals surface area contributed by atoms with Gasteiger partial charge in [-0.3, -0.25) is 4.89 Å². The molecular weight excluding hydrogens is 288 g/mol. The molecule has 1 aromatic carbocycles. The molecule has 2 atom stereocenters. The van der Waals surface area contributed by atoms with Gasteiger partial charge in [-0.1, -0.05) is 53.2 Å². The fourth-order valence-electron chi connectivity index (χ4n) is 3.17. The van der Waals surface area contributed by atoms with Gasteiger partial charge in [0.1, 0.15) is 0 Å². The lowest BCUT2D eigenvalue weighted by molar-refractivity contribution is -0.251. The highest BCUT2D eigenvalue weighted by Crippen LogP contribution is 2.40. The maximum Gasteiger partial charge on any atom is 0.373 e. The van der Waals surface area contributed by atoms with Crippen molar-refractivity contribution in [3.63, 3.8) is 0 Å². The van der Waals surface area contributed by atoms with Crippen LogP contribution >= 0.6 is 0 Å². The van der Waals surface area contributed by atoms with E-state index < -0.39 is 5.97 Å². The molecule has 0 spiro atoms. The lowest BCUT2D eigenvalue weighted by Gasteiger charge is -2.34. The van der Waals surface area contributed by atoms with Gasteiger partial charge in [-0.05, 0) is 54.2 Å². The van der Waals surface area contributed by atoms with E-state index in [9.17, 15) is 4.79 Å². The fourth-order valence-corrected chi connectivity index (χ4v) is 3.17. The van der Waals surface area contributed by atoms with Gasteiger partial charge in [0.15, 0.2) is 6.10 Å². The molecule has 1 fully saturated rings. The van der Waals surface area contributed by atoms with Gasteiger partial charge in [-0.25, -0.2) is 4.79 Å². The molecule has 1 aliphatic carbocycles. The molecule has 0 amide bonds. The predicted octanol–water partition coefficient (Wildman–Crippen LogP) is 5.52. The first-order chi connectivity index (χ1) is 10.9. The van der Waals surface area contributed by atoms with E-state index in [1.54, 1.807) is 12.1 Å². The number of hydrogen-bond donors (Lipinski definition) is 0. The van der Waals surface area contributed by atoms with E-state index >= 15 is 0 Å². The Morgan fingerprint density at radius 3 is 2.30 bits per heavy atom. The first kappa shape index (κ1) is 18.0. The van der Waals surface area contributed by atoms with Crippen LogP contribution in [0.5, 0.6) is 0 Å². The van der Waals surface area contributed by atoms with Crippen molar-refractivity contribution in [1.82, 2.24) is 0 Å². The maximum atomic E-state index is 12.2. The molecule has 0 aromatic heterocycles. The van der Waals surface area contributed by atoms with Crippen molar-refractivity contribution in [2.24, 2.45) is 17.8 Å². The largest absolute Gasteiger partial charge is 0.373 e. The van der Waals surface area contributed by atoms with Crippen LogP contribution < -0.4 is 0 Å². The molecule has 127 valence electrons. The predicted molar refractivity (Wildman–Crippen MR) is 91.6 cm³/mol. The first-order valence-corrected chi connectivity index (χ1v) is 8.73. The van der Waals surface area contributed by atoms with Crippen LogP contribution in [0.2, 0.25) is 0 Å². The van der Waals surface area contributed by atoms with Crippen LogP contribution in [0.1, 0.15) is 75.7 Å². The van der Waals surface area contributed by atoms with Crippen molar-refractivity contribution in [3.8, 4) is 0 Å². The Balaban J connectivity index is 1.94. The summed E-state index contributed by atoms with van der Waals surface area (Å²) in [5.41, 5.74) is 1.73. The number of carbonyl (C=O) groups is 1. The lowest BCUT2D eigenvalue weighted by atomic mass is 9.75. The number of hydrogen-bond acceptors (Lipinski definition) is 3. The molecule has 1 aromatic rings. The number of rotatable bonds is 5. The fraction of sp³-hybridized carbons (Fsp3) is 0.600. The average molecular weight is 317 g/mol. The molecule has 3 nitrogen and oxygen atoms in total. The van der Waals surface area contributed by atoms with Crippen molar-refractivity contribution < 1.29 is 14.6 Å². The lowest BCUT2D eigenvalue weighted by Crippen LogP contribution is -2.28. The van der Waals surface area contributed by atoms with Crippen LogP contribution in [0.4, 0.5) is 0 Å². The molecule has 2 rings (SSSR count). The summed E-state index contributed by atoms with van der Waals surface area (Å²) < 4.78 is 0. The Kier molecular flexibility index (Phi) is 6.23. The third kappa shape index (κ3) is 4.81. The molecule has 1 saturated carbocycles. The summed E-state index contributed by atoms with van der Waals surface area (Å²) >= 11 is 0. The Morgan fingerprint density at radius 1 is 1.09 bits per heavy atom. The van der Waals surface area contributed by atoms with Crippen molar-refractivity contribution in [2.45, 2.75) is 59.8 Å². The Labute approximate surface area is 140 Å².